The fourth-order valence-corrected chi connectivity index (χ4v) is 2.49. The van der Waals surface area contributed by atoms with E-state index in [1.807, 2.05) is 24.1 Å². The van der Waals surface area contributed by atoms with Gasteiger partial charge in [-0.05, 0) is 30.2 Å². The summed E-state index contributed by atoms with van der Waals surface area (Å²) in [5.74, 6) is 0.803. The maximum atomic E-state index is 5.45. The standard InChI is InChI=1S/C15H22N4O/c1-5-11-9-16-8-7-12(11)14(17-6-2)15-13(20-4)10-18-19(15)3/h7-10,14,17H,5-6H2,1-4H3. The van der Waals surface area contributed by atoms with Gasteiger partial charge in [0.1, 0.15) is 5.69 Å². The third kappa shape index (κ3) is 2.67. The van der Waals surface area contributed by atoms with Crippen LogP contribution in [0.15, 0.2) is 24.7 Å². The minimum absolute atomic E-state index is 0.0559. The molecule has 0 radical (unpaired) electrons. The van der Waals surface area contributed by atoms with Crippen LogP contribution in [0.5, 0.6) is 5.75 Å². The molecule has 0 aromatic carbocycles. The first-order chi connectivity index (χ1) is 9.72. The molecule has 0 spiro atoms. The van der Waals surface area contributed by atoms with E-state index in [9.17, 15) is 0 Å². The second-order valence-corrected chi connectivity index (χ2v) is 4.64. The molecule has 1 unspecified atom stereocenters. The summed E-state index contributed by atoms with van der Waals surface area (Å²) < 4.78 is 7.32. The molecule has 0 fully saturated rings. The Morgan fingerprint density at radius 2 is 2.15 bits per heavy atom. The second-order valence-electron chi connectivity index (χ2n) is 4.64. The van der Waals surface area contributed by atoms with Crippen LogP contribution in [0, 0.1) is 0 Å². The van der Waals surface area contributed by atoms with E-state index >= 15 is 0 Å². The average molecular weight is 274 g/mol. The van der Waals surface area contributed by atoms with Crippen LogP contribution in [-0.4, -0.2) is 28.4 Å². The molecule has 20 heavy (non-hydrogen) atoms. The SMILES string of the molecule is CCNC(c1ccncc1CC)c1c(OC)cnn1C. The van der Waals surface area contributed by atoms with Crippen molar-refractivity contribution < 1.29 is 4.74 Å². The van der Waals surface area contributed by atoms with Crippen molar-refractivity contribution in [3.05, 3.63) is 41.5 Å². The molecule has 5 heteroatoms. The molecule has 0 aliphatic carbocycles. The van der Waals surface area contributed by atoms with Gasteiger partial charge in [-0.1, -0.05) is 13.8 Å². The van der Waals surface area contributed by atoms with Crippen molar-refractivity contribution in [1.29, 1.82) is 0 Å². The van der Waals surface area contributed by atoms with Crippen LogP contribution in [0.25, 0.3) is 0 Å². The van der Waals surface area contributed by atoms with Gasteiger partial charge in [0, 0.05) is 19.4 Å². The summed E-state index contributed by atoms with van der Waals surface area (Å²) in [7, 11) is 3.62. The summed E-state index contributed by atoms with van der Waals surface area (Å²) in [6.45, 7) is 5.11. The first-order valence-electron chi connectivity index (χ1n) is 6.94. The van der Waals surface area contributed by atoms with Crippen molar-refractivity contribution in [1.82, 2.24) is 20.1 Å². The Morgan fingerprint density at radius 3 is 2.80 bits per heavy atom. The molecule has 108 valence electrons. The number of nitrogens with zero attached hydrogens (tertiary/aromatic N) is 3. The van der Waals surface area contributed by atoms with Gasteiger partial charge < -0.3 is 10.1 Å². The Bertz CT molecular complexity index is 565. The van der Waals surface area contributed by atoms with Crippen LogP contribution >= 0.6 is 0 Å². The van der Waals surface area contributed by atoms with Crippen LogP contribution in [0.2, 0.25) is 0 Å². The zero-order valence-electron chi connectivity index (χ0n) is 12.6. The lowest BCUT2D eigenvalue weighted by Crippen LogP contribution is -2.25. The Kier molecular flexibility index (Phi) is 4.74. The monoisotopic (exact) mass is 274 g/mol. The molecule has 0 aliphatic rings. The Morgan fingerprint density at radius 1 is 1.35 bits per heavy atom. The molecule has 0 bridgehead atoms. The van der Waals surface area contributed by atoms with E-state index in [0.29, 0.717) is 0 Å². The molecular formula is C15H22N4O. The summed E-state index contributed by atoms with van der Waals surface area (Å²) in [6.07, 6.45) is 6.47. The van der Waals surface area contributed by atoms with Gasteiger partial charge >= 0.3 is 0 Å². The number of pyridine rings is 1. The first kappa shape index (κ1) is 14.5. The smallest absolute Gasteiger partial charge is 0.161 e. The molecular weight excluding hydrogens is 252 g/mol. The van der Waals surface area contributed by atoms with E-state index in [1.165, 1.54) is 11.1 Å². The van der Waals surface area contributed by atoms with Crippen molar-refractivity contribution in [3.8, 4) is 5.75 Å². The molecule has 2 aromatic rings. The highest BCUT2D eigenvalue weighted by Crippen LogP contribution is 2.31. The summed E-state index contributed by atoms with van der Waals surface area (Å²) in [5, 5.41) is 7.83. The van der Waals surface area contributed by atoms with Crippen molar-refractivity contribution in [2.24, 2.45) is 7.05 Å². The fraction of sp³-hybridized carbons (Fsp3) is 0.467. The zero-order chi connectivity index (χ0) is 14.5. The highest BCUT2D eigenvalue weighted by molar-refractivity contribution is 5.39. The Labute approximate surface area is 120 Å². The molecule has 1 atom stereocenters. The van der Waals surface area contributed by atoms with Gasteiger partial charge in [0.2, 0.25) is 0 Å². The molecule has 0 saturated carbocycles. The van der Waals surface area contributed by atoms with Gasteiger partial charge in [-0.25, -0.2) is 0 Å². The topological polar surface area (TPSA) is 52.0 Å². The van der Waals surface area contributed by atoms with E-state index < -0.39 is 0 Å². The summed E-state index contributed by atoms with van der Waals surface area (Å²) in [4.78, 5) is 4.22. The van der Waals surface area contributed by atoms with Gasteiger partial charge in [-0.3, -0.25) is 9.67 Å². The lowest BCUT2D eigenvalue weighted by atomic mass is 9.98. The van der Waals surface area contributed by atoms with Crippen LogP contribution in [0.3, 0.4) is 0 Å². The number of hydrogen-bond donors (Lipinski definition) is 1. The molecule has 0 amide bonds. The lowest BCUT2D eigenvalue weighted by molar-refractivity contribution is 0.401. The van der Waals surface area contributed by atoms with E-state index in [-0.39, 0.29) is 6.04 Å². The number of rotatable bonds is 6. The molecule has 1 N–H and O–H groups in total. The number of nitrogens with one attached hydrogen (secondary N) is 1. The Hall–Kier alpha value is -1.88. The van der Waals surface area contributed by atoms with E-state index in [2.05, 4.69) is 35.3 Å². The summed E-state index contributed by atoms with van der Waals surface area (Å²) in [6, 6.07) is 2.12. The van der Waals surface area contributed by atoms with Gasteiger partial charge in [0.15, 0.2) is 5.75 Å². The fourth-order valence-electron chi connectivity index (χ4n) is 2.49. The predicted octanol–water partition coefficient (Wildman–Crippen LogP) is 2.08. The number of aryl methyl sites for hydroxylation is 2. The van der Waals surface area contributed by atoms with Crippen molar-refractivity contribution in [2.45, 2.75) is 26.3 Å². The third-order valence-electron chi connectivity index (χ3n) is 3.48. The molecule has 2 aromatic heterocycles. The molecule has 0 aliphatic heterocycles. The highest BCUT2D eigenvalue weighted by atomic mass is 16.5. The van der Waals surface area contributed by atoms with Crippen LogP contribution in [0.4, 0.5) is 0 Å². The maximum Gasteiger partial charge on any atom is 0.161 e. The van der Waals surface area contributed by atoms with Gasteiger partial charge in [0.25, 0.3) is 0 Å². The number of ether oxygens (including phenoxy) is 1. The van der Waals surface area contributed by atoms with Crippen LogP contribution < -0.4 is 10.1 Å². The predicted molar refractivity (Wildman–Crippen MR) is 78.9 cm³/mol. The van der Waals surface area contributed by atoms with Crippen molar-refractivity contribution >= 4 is 0 Å². The Balaban J connectivity index is 2.53. The zero-order valence-corrected chi connectivity index (χ0v) is 12.6. The van der Waals surface area contributed by atoms with Crippen molar-refractivity contribution in [2.75, 3.05) is 13.7 Å². The molecule has 5 nitrogen and oxygen atoms in total. The number of hydrogen-bond acceptors (Lipinski definition) is 4. The average Bonchev–Trinajstić information content (AvgIpc) is 2.85. The van der Waals surface area contributed by atoms with Crippen LogP contribution in [0.1, 0.15) is 36.7 Å². The molecule has 2 rings (SSSR count). The van der Waals surface area contributed by atoms with E-state index in [1.54, 1.807) is 13.3 Å². The normalized spacial score (nSPS) is 12.4. The largest absolute Gasteiger partial charge is 0.493 e. The summed E-state index contributed by atoms with van der Waals surface area (Å²) in [5.41, 5.74) is 3.50. The maximum absolute atomic E-state index is 5.45. The van der Waals surface area contributed by atoms with E-state index in [0.717, 1.165) is 24.4 Å². The van der Waals surface area contributed by atoms with Gasteiger partial charge in [-0.2, -0.15) is 5.10 Å². The van der Waals surface area contributed by atoms with Crippen molar-refractivity contribution in [3.63, 3.8) is 0 Å². The highest BCUT2D eigenvalue weighted by Gasteiger charge is 2.23. The minimum Gasteiger partial charge on any atom is -0.493 e. The quantitative estimate of drug-likeness (QED) is 0.876. The number of methoxy groups -OCH3 is 1. The van der Waals surface area contributed by atoms with Gasteiger partial charge in [-0.15, -0.1) is 0 Å². The molecule has 0 saturated heterocycles. The van der Waals surface area contributed by atoms with Gasteiger partial charge in [0.05, 0.1) is 19.3 Å². The third-order valence-corrected chi connectivity index (χ3v) is 3.48. The minimum atomic E-state index is 0.0559. The summed E-state index contributed by atoms with van der Waals surface area (Å²) >= 11 is 0. The molecule has 2 heterocycles. The lowest BCUT2D eigenvalue weighted by Gasteiger charge is -2.22. The first-order valence-corrected chi connectivity index (χ1v) is 6.94. The second kappa shape index (κ2) is 6.52. The van der Waals surface area contributed by atoms with E-state index in [4.69, 9.17) is 4.74 Å². The van der Waals surface area contributed by atoms with Crippen LogP contribution in [-0.2, 0) is 13.5 Å². The number of aromatic nitrogens is 3.